The fraction of sp³-hybridized carbons (Fsp3) is 0. The lowest BCUT2D eigenvalue weighted by atomic mass is 10.4. The molecule has 70 valence electrons. The van der Waals surface area contributed by atoms with Gasteiger partial charge in [0.15, 0.2) is 6.29 Å². The topological polar surface area (TPSA) is 30.2 Å². The summed E-state index contributed by atoms with van der Waals surface area (Å²) in [6.45, 7) is 0. The lowest BCUT2D eigenvalue weighted by Gasteiger charge is -1.74. The molecule has 3 aromatic heterocycles. The van der Waals surface area contributed by atoms with Gasteiger partial charge in [-0.1, -0.05) is 0 Å². The molecule has 0 amide bonds. The average molecular weight is 287 g/mol. The van der Waals surface area contributed by atoms with Gasteiger partial charge < -0.3 is 4.42 Å². The number of hydrogen-bond acceptors (Lipinski definition) is 4. The van der Waals surface area contributed by atoms with Gasteiger partial charge in [0.2, 0.25) is 0 Å². The molecule has 0 N–H and O–H groups in total. The average Bonchev–Trinajstić information content (AvgIpc) is 2.74. The Morgan fingerprint density at radius 1 is 1.21 bits per heavy atom. The zero-order chi connectivity index (χ0) is 9.71. The predicted octanol–water partition coefficient (Wildman–Crippen LogP) is 4.28. The SMILES string of the molecule is O=Cc1cc2oc3cc(Br)sc3c2s1. The highest BCUT2D eigenvalue weighted by molar-refractivity contribution is 9.11. The number of rotatable bonds is 1. The van der Waals surface area contributed by atoms with Crippen LogP contribution in [0.2, 0.25) is 0 Å². The van der Waals surface area contributed by atoms with Crippen molar-refractivity contribution in [3.63, 3.8) is 0 Å². The third kappa shape index (κ3) is 1.09. The number of carbonyl (C=O) groups is 1. The Morgan fingerprint density at radius 3 is 2.71 bits per heavy atom. The van der Waals surface area contributed by atoms with E-state index in [2.05, 4.69) is 15.9 Å². The molecule has 3 heterocycles. The minimum absolute atomic E-state index is 0.713. The fourth-order valence-electron chi connectivity index (χ4n) is 1.38. The minimum atomic E-state index is 0.713. The third-order valence-corrected chi connectivity index (χ3v) is 4.75. The summed E-state index contributed by atoms with van der Waals surface area (Å²) < 4.78 is 8.82. The standard InChI is InChI=1S/C9H3BrO2S2/c10-7-2-6-9(14-7)8-5(12-6)1-4(3-11)13-8/h1-3H. The molecule has 3 aromatic rings. The lowest BCUT2D eigenvalue weighted by Crippen LogP contribution is -1.63. The highest BCUT2D eigenvalue weighted by atomic mass is 79.9. The number of aldehydes is 1. The Kier molecular flexibility index (Phi) is 1.80. The van der Waals surface area contributed by atoms with Gasteiger partial charge in [-0.3, -0.25) is 4.79 Å². The van der Waals surface area contributed by atoms with Crippen LogP contribution in [0.4, 0.5) is 0 Å². The van der Waals surface area contributed by atoms with E-state index < -0.39 is 0 Å². The second-order valence-corrected chi connectivity index (χ2v) is 6.32. The zero-order valence-corrected chi connectivity index (χ0v) is 9.96. The van der Waals surface area contributed by atoms with Crippen molar-refractivity contribution in [2.24, 2.45) is 0 Å². The highest BCUT2D eigenvalue weighted by Crippen LogP contribution is 2.41. The molecule has 2 nitrogen and oxygen atoms in total. The van der Waals surface area contributed by atoms with Crippen LogP contribution in [0.3, 0.4) is 0 Å². The van der Waals surface area contributed by atoms with Gasteiger partial charge in [0, 0.05) is 12.1 Å². The quantitative estimate of drug-likeness (QED) is 0.625. The molecule has 0 saturated heterocycles. The Bertz CT molecular complexity index is 632. The van der Waals surface area contributed by atoms with Crippen molar-refractivity contribution in [2.75, 3.05) is 0 Å². The van der Waals surface area contributed by atoms with Crippen LogP contribution in [0.1, 0.15) is 9.67 Å². The molecule has 0 saturated carbocycles. The summed E-state index contributed by atoms with van der Waals surface area (Å²) in [5.41, 5.74) is 1.70. The van der Waals surface area contributed by atoms with Crippen LogP contribution in [-0.4, -0.2) is 6.29 Å². The predicted molar refractivity (Wildman–Crippen MR) is 62.6 cm³/mol. The van der Waals surface area contributed by atoms with Crippen LogP contribution in [0.5, 0.6) is 0 Å². The normalized spacial score (nSPS) is 11.5. The first kappa shape index (κ1) is 8.64. The molecular formula is C9H3BrO2S2. The number of carbonyl (C=O) groups excluding carboxylic acids is 1. The Balaban J connectivity index is 2.47. The van der Waals surface area contributed by atoms with Crippen molar-refractivity contribution in [2.45, 2.75) is 0 Å². The maximum Gasteiger partial charge on any atom is 0.160 e. The Hall–Kier alpha value is -0.650. The molecule has 5 heteroatoms. The summed E-state index contributed by atoms with van der Waals surface area (Å²) in [6, 6.07) is 3.74. The van der Waals surface area contributed by atoms with E-state index in [1.54, 1.807) is 17.4 Å². The molecule has 0 unspecified atom stereocenters. The number of fused-ring (bicyclic) bond motifs is 3. The maximum atomic E-state index is 10.6. The van der Waals surface area contributed by atoms with Crippen molar-refractivity contribution in [1.82, 2.24) is 0 Å². The summed E-state index contributed by atoms with van der Waals surface area (Å²) in [4.78, 5) is 11.3. The van der Waals surface area contributed by atoms with E-state index in [1.165, 1.54) is 11.3 Å². The molecule has 0 radical (unpaired) electrons. The molecule has 0 atom stereocenters. The van der Waals surface area contributed by atoms with Crippen LogP contribution in [0.15, 0.2) is 20.3 Å². The molecule has 0 aliphatic rings. The first-order valence-electron chi connectivity index (χ1n) is 3.84. The van der Waals surface area contributed by atoms with Gasteiger partial charge >= 0.3 is 0 Å². The van der Waals surface area contributed by atoms with Crippen molar-refractivity contribution in [3.8, 4) is 0 Å². The van der Waals surface area contributed by atoms with Crippen LogP contribution < -0.4 is 0 Å². The van der Waals surface area contributed by atoms with Gasteiger partial charge in [-0.05, 0) is 15.9 Å². The summed E-state index contributed by atoms with van der Waals surface area (Å²) in [5, 5.41) is 0. The largest absolute Gasteiger partial charge is 0.454 e. The van der Waals surface area contributed by atoms with Gasteiger partial charge in [-0.15, -0.1) is 22.7 Å². The second-order valence-electron chi connectivity index (χ2n) is 2.81. The van der Waals surface area contributed by atoms with E-state index in [9.17, 15) is 4.79 Å². The van der Waals surface area contributed by atoms with E-state index in [1.807, 2.05) is 6.07 Å². The van der Waals surface area contributed by atoms with E-state index >= 15 is 0 Å². The molecule has 0 aliphatic carbocycles. The number of halogens is 1. The Labute approximate surface area is 95.3 Å². The second kappa shape index (κ2) is 2.92. The summed E-state index contributed by atoms with van der Waals surface area (Å²) in [6.07, 6.45) is 0.856. The smallest absolute Gasteiger partial charge is 0.160 e. The third-order valence-electron chi connectivity index (χ3n) is 1.93. The number of furan rings is 1. The number of hydrogen-bond donors (Lipinski definition) is 0. The molecule has 0 aliphatic heterocycles. The van der Waals surface area contributed by atoms with Crippen LogP contribution in [0.25, 0.3) is 20.6 Å². The summed E-state index contributed by atoms with van der Waals surface area (Å²) >= 11 is 6.51. The highest BCUT2D eigenvalue weighted by Gasteiger charge is 2.13. The van der Waals surface area contributed by atoms with Crippen LogP contribution in [-0.2, 0) is 0 Å². The molecule has 0 fully saturated rings. The van der Waals surface area contributed by atoms with Crippen LogP contribution >= 0.6 is 38.6 Å². The van der Waals surface area contributed by atoms with Gasteiger partial charge in [0.05, 0.1) is 18.1 Å². The van der Waals surface area contributed by atoms with E-state index in [0.29, 0.717) is 4.88 Å². The van der Waals surface area contributed by atoms with Crippen molar-refractivity contribution in [1.29, 1.82) is 0 Å². The van der Waals surface area contributed by atoms with Gasteiger partial charge in [0.1, 0.15) is 11.2 Å². The first-order valence-corrected chi connectivity index (χ1v) is 6.27. The van der Waals surface area contributed by atoms with Crippen LogP contribution in [0, 0.1) is 0 Å². The summed E-state index contributed by atoms with van der Waals surface area (Å²) in [5.74, 6) is 0. The minimum Gasteiger partial charge on any atom is -0.454 e. The number of thiophene rings is 2. The van der Waals surface area contributed by atoms with E-state index in [4.69, 9.17) is 4.42 Å². The molecule has 0 aromatic carbocycles. The van der Waals surface area contributed by atoms with Crippen molar-refractivity contribution in [3.05, 3.63) is 20.8 Å². The summed E-state index contributed by atoms with van der Waals surface area (Å²) in [7, 11) is 0. The van der Waals surface area contributed by atoms with E-state index in [0.717, 1.165) is 30.6 Å². The van der Waals surface area contributed by atoms with Crippen molar-refractivity contribution < 1.29 is 9.21 Å². The lowest BCUT2D eigenvalue weighted by molar-refractivity contribution is 0.112. The molecule has 0 bridgehead atoms. The van der Waals surface area contributed by atoms with E-state index in [-0.39, 0.29) is 0 Å². The fourth-order valence-corrected chi connectivity index (χ4v) is 3.93. The first-order chi connectivity index (χ1) is 6.78. The molecule has 14 heavy (non-hydrogen) atoms. The zero-order valence-electron chi connectivity index (χ0n) is 6.74. The van der Waals surface area contributed by atoms with Gasteiger partial charge in [-0.25, -0.2) is 0 Å². The maximum absolute atomic E-state index is 10.6. The Morgan fingerprint density at radius 2 is 1.93 bits per heavy atom. The monoisotopic (exact) mass is 286 g/mol. The molecule has 3 rings (SSSR count). The van der Waals surface area contributed by atoms with Gasteiger partial charge in [-0.2, -0.15) is 0 Å². The van der Waals surface area contributed by atoms with Crippen molar-refractivity contribution >= 4 is 65.5 Å². The molecular weight excluding hydrogens is 284 g/mol. The van der Waals surface area contributed by atoms with Gasteiger partial charge in [0.25, 0.3) is 0 Å². The molecule has 0 spiro atoms.